The molecule has 1 aliphatic heterocycles. The van der Waals surface area contributed by atoms with E-state index >= 15 is 0 Å². The maximum Gasteiger partial charge on any atom is 0.286 e. The molecular weight excluding hydrogens is 520 g/mol. The minimum Gasteiger partial charge on any atom is -0.497 e. The van der Waals surface area contributed by atoms with Gasteiger partial charge in [0.2, 0.25) is 6.29 Å². The molecule has 0 spiro atoms. The van der Waals surface area contributed by atoms with Gasteiger partial charge in [-0.15, -0.1) is 0 Å². The number of H-pyrrole nitrogens is 1. The van der Waals surface area contributed by atoms with Gasteiger partial charge in [-0.2, -0.15) is 11.3 Å². The molecule has 3 N–H and O–H groups in total. The van der Waals surface area contributed by atoms with Crippen LogP contribution >= 0.6 is 11.3 Å². The molecule has 0 aliphatic carbocycles. The number of carbonyl (C=O) groups excluding carboxylic acids is 1. The summed E-state index contributed by atoms with van der Waals surface area (Å²) in [6.07, 6.45) is 4.67. The smallest absolute Gasteiger partial charge is 0.286 e. The number of aromatic amines is 1. The van der Waals surface area contributed by atoms with Crippen molar-refractivity contribution < 1.29 is 33.6 Å². The number of rotatable bonds is 16. The van der Waals surface area contributed by atoms with Gasteiger partial charge in [-0.05, 0) is 72.0 Å². The second-order valence-electron chi connectivity index (χ2n) is 9.19. The third-order valence-corrected chi connectivity index (χ3v) is 7.43. The number of aliphatic hydroxyl groups is 1. The zero-order chi connectivity index (χ0) is 27.5. The van der Waals surface area contributed by atoms with Gasteiger partial charge in [-0.1, -0.05) is 0 Å². The predicted molar refractivity (Wildman–Crippen MR) is 150 cm³/mol. The van der Waals surface area contributed by atoms with Crippen molar-refractivity contribution in [3.8, 4) is 5.75 Å². The summed E-state index contributed by atoms with van der Waals surface area (Å²) >= 11 is 1.62. The van der Waals surface area contributed by atoms with E-state index in [0.29, 0.717) is 52.4 Å². The first kappa shape index (κ1) is 29.1. The van der Waals surface area contributed by atoms with E-state index in [-0.39, 0.29) is 30.1 Å². The Balaban J connectivity index is 1.40. The molecule has 3 aromatic rings. The van der Waals surface area contributed by atoms with Gasteiger partial charge >= 0.3 is 0 Å². The van der Waals surface area contributed by atoms with Crippen LogP contribution in [0.3, 0.4) is 0 Å². The van der Waals surface area contributed by atoms with Crippen LogP contribution in [0.25, 0.3) is 10.9 Å². The molecule has 0 fully saturated rings. The van der Waals surface area contributed by atoms with E-state index in [1.807, 2.05) is 42.8 Å². The molecular formula is C29H38N2O7S. The number of hydrogen-bond acceptors (Lipinski definition) is 8. The van der Waals surface area contributed by atoms with Crippen LogP contribution in [-0.4, -0.2) is 75.6 Å². The Kier molecular flexibility index (Phi) is 11.2. The Bertz CT molecular complexity index is 1190. The van der Waals surface area contributed by atoms with Crippen molar-refractivity contribution in [2.24, 2.45) is 5.92 Å². The summed E-state index contributed by atoms with van der Waals surface area (Å²) in [4.78, 5) is 16.5. The molecule has 1 aliphatic rings. The van der Waals surface area contributed by atoms with Gasteiger partial charge in [-0.25, -0.2) is 0 Å². The number of fused-ring (bicyclic) bond motifs is 1. The van der Waals surface area contributed by atoms with Gasteiger partial charge in [0.15, 0.2) is 5.76 Å². The maximum absolute atomic E-state index is 13.2. The van der Waals surface area contributed by atoms with E-state index in [1.54, 1.807) is 18.4 Å². The number of aliphatic hydroxyl groups excluding tert-OH is 1. The average molecular weight is 559 g/mol. The molecule has 0 radical (unpaired) electrons. The molecule has 212 valence electrons. The van der Waals surface area contributed by atoms with Crippen LogP contribution in [0, 0.1) is 5.92 Å². The summed E-state index contributed by atoms with van der Waals surface area (Å²) in [5.74, 6) is 0.755. The van der Waals surface area contributed by atoms with Crippen LogP contribution in [-0.2, 0) is 30.2 Å². The zero-order valence-electron chi connectivity index (χ0n) is 22.5. The lowest BCUT2D eigenvalue weighted by molar-refractivity contribution is -0.168. The number of aromatic nitrogens is 1. The van der Waals surface area contributed by atoms with Gasteiger partial charge in [0, 0.05) is 48.7 Å². The number of benzene rings is 1. The first-order chi connectivity index (χ1) is 19.1. The molecule has 0 unspecified atom stereocenters. The highest BCUT2D eigenvalue weighted by Gasteiger charge is 2.38. The van der Waals surface area contributed by atoms with Crippen molar-refractivity contribution in [1.29, 1.82) is 0 Å². The fourth-order valence-corrected chi connectivity index (χ4v) is 5.48. The number of nitrogens with one attached hydrogen (secondary N) is 2. The molecule has 0 saturated heterocycles. The van der Waals surface area contributed by atoms with Crippen LogP contribution in [0.5, 0.6) is 5.75 Å². The van der Waals surface area contributed by atoms with Gasteiger partial charge in [-0.3, -0.25) is 4.79 Å². The van der Waals surface area contributed by atoms with Crippen LogP contribution in [0.1, 0.15) is 30.4 Å². The normalized spacial score (nSPS) is 19.1. The van der Waals surface area contributed by atoms with Crippen LogP contribution in [0.15, 0.2) is 53.1 Å². The maximum atomic E-state index is 13.2. The van der Waals surface area contributed by atoms with Gasteiger partial charge in [0.1, 0.15) is 5.75 Å². The first-order valence-corrected chi connectivity index (χ1v) is 14.3. The molecule has 0 saturated carbocycles. The summed E-state index contributed by atoms with van der Waals surface area (Å²) in [7, 11) is 1.65. The standard InChI is InChI=1S/C29H38N2O7S/c1-3-37-29-23(7-11-35-13-14-36-12-10-32)24(21-8-15-39-19-21)17-27(38-29)28(33)30-9-6-20-18-31-26-5-4-22(34-2)16-25(20)26/h4-5,8,15-19,23-24,29,31-32H,3,6-7,9-14H2,1-2H3,(H,30,33)/t23-,24+,29+/m1/s1. The van der Waals surface area contributed by atoms with Gasteiger partial charge in [0.05, 0.1) is 33.5 Å². The summed E-state index contributed by atoms with van der Waals surface area (Å²) in [6, 6.07) is 7.99. The Morgan fingerprint density at radius 3 is 2.77 bits per heavy atom. The fourth-order valence-electron chi connectivity index (χ4n) is 4.78. The largest absolute Gasteiger partial charge is 0.497 e. The van der Waals surface area contributed by atoms with Gasteiger partial charge < -0.3 is 39.1 Å². The van der Waals surface area contributed by atoms with Crippen LogP contribution in [0.4, 0.5) is 0 Å². The van der Waals surface area contributed by atoms with Crippen molar-refractivity contribution in [2.45, 2.75) is 32.0 Å². The summed E-state index contributed by atoms with van der Waals surface area (Å²) in [5, 5.41) is 17.1. The molecule has 3 atom stereocenters. The highest BCUT2D eigenvalue weighted by atomic mass is 32.1. The van der Waals surface area contributed by atoms with E-state index < -0.39 is 6.29 Å². The SMILES string of the molecule is CCO[C@H]1OC(C(=O)NCCc2c[nH]c3ccc(OC)cc23)=C[C@@H](c2ccsc2)[C@H]1CCOCCOCCO. The number of ether oxygens (including phenoxy) is 5. The van der Waals surface area contributed by atoms with Crippen LogP contribution in [0.2, 0.25) is 0 Å². The molecule has 3 heterocycles. The molecule has 2 aromatic heterocycles. The van der Waals surface area contributed by atoms with E-state index in [4.69, 9.17) is 28.8 Å². The Hall–Kier alpha value is -2.89. The Labute approximate surface area is 233 Å². The van der Waals surface area contributed by atoms with Crippen molar-refractivity contribution in [3.63, 3.8) is 0 Å². The second kappa shape index (κ2) is 15.0. The van der Waals surface area contributed by atoms with E-state index in [9.17, 15) is 4.79 Å². The van der Waals surface area contributed by atoms with Crippen molar-refractivity contribution >= 4 is 28.1 Å². The molecule has 0 bridgehead atoms. The lowest BCUT2D eigenvalue weighted by Crippen LogP contribution is -2.39. The molecule has 1 amide bonds. The average Bonchev–Trinajstić information content (AvgIpc) is 3.63. The van der Waals surface area contributed by atoms with Gasteiger partial charge in [0.25, 0.3) is 5.91 Å². The van der Waals surface area contributed by atoms with Crippen molar-refractivity contribution in [3.05, 3.63) is 64.2 Å². The summed E-state index contributed by atoms with van der Waals surface area (Å²) < 4.78 is 28.5. The third-order valence-electron chi connectivity index (χ3n) is 6.73. The summed E-state index contributed by atoms with van der Waals surface area (Å²) in [5.41, 5.74) is 3.26. The Morgan fingerprint density at radius 2 is 2.03 bits per heavy atom. The lowest BCUT2D eigenvalue weighted by Gasteiger charge is -2.36. The number of allylic oxidation sites excluding steroid dienone is 1. The number of amides is 1. The van der Waals surface area contributed by atoms with E-state index in [1.165, 1.54) is 0 Å². The zero-order valence-corrected chi connectivity index (χ0v) is 23.3. The Morgan fingerprint density at radius 1 is 1.18 bits per heavy atom. The van der Waals surface area contributed by atoms with Crippen molar-refractivity contribution in [2.75, 3.05) is 53.3 Å². The minimum absolute atomic E-state index is 0.00171. The molecule has 4 rings (SSSR count). The highest BCUT2D eigenvalue weighted by Crippen LogP contribution is 2.39. The highest BCUT2D eigenvalue weighted by molar-refractivity contribution is 7.08. The second-order valence-corrected chi connectivity index (χ2v) is 9.97. The summed E-state index contributed by atoms with van der Waals surface area (Å²) in [6.45, 7) is 4.53. The molecule has 1 aromatic carbocycles. The van der Waals surface area contributed by atoms with E-state index in [0.717, 1.165) is 27.8 Å². The minimum atomic E-state index is -0.569. The monoisotopic (exact) mass is 558 g/mol. The number of methoxy groups -OCH3 is 1. The molecule has 10 heteroatoms. The molecule has 39 heavy (non-hydrogen) atoms. The lowest BCUT2D eigenvalue weighted by atomic mass is 9.82. The number of thiophene rings is 1. The quantitative estimate of drug-likeness (QED) is 0.228. The first-order valence-electron chi connectivity index (χ1n) is 13.3. The predicted octanol–water partition coefficient (Wildman–Crippen LogP) is 3.99. The van der Waals surface area contributed by atoms with Crippen molar-refractivity contribution in [1.82, 2.24) is 10.3 Å². The topological polar surface area (TPSA) is 111 Å². The van der Waals surface area contributed by atoms with E-state index in [2.05, 4.69) is 21.7 Å². The van der Waals surface area contributed by atoms with Crippen LogP contribution < -0.4 is 10.1 Å². The fraction of sp³-hybridized carbons (Fsp3) is 0.483. The number of hydrogen-bond donors (Lipinski definition) is 3. The number of carbonyl (C=O) groups is 1. The molecule has 9 nitrogen and oxygen atoms in total. The third kappa shape index (κ3) is 7.83.